The van der Waals surface area contributed by atoms with Crippen molar-refractivity contribution in [3.8, 4) is 0 Å². The molecule has 1 aliphatic heterocycles. The standard InChI is InChI=1S/C11H22BNO2/c1-9(2)10(3,4)15-12(14-9)8-11(13)6-5-7-11/h5-8,13H2,1-4H3. The zero-order valence-corrected chi connectivity index (χ0v) is 10.3. The number of rotatable bonds is 2. The zero-order valence-electron chi connectivity index (χ0n) is 10.3. The molecule has 2 N–H and O–H groups in total. The van der Waals surface area contributed by atoms with Crippen molar-refractivity contribution < 1.29 is 9.31 Å². The monoisotopic (exact) mass is 211 g/mol. The quantitative estimate of drug-likeness (QED) is 0.710. The summed E-state index contributed by atoms with van der Waals surface area (Å²) in [5.41, 5.74) is 5.72. The van der Waals surface area contributed by atoms with Gasteiger partial charge >= 0.3 is 7.12 Å². The molecule has 1 aliphatic carbocycles. The Hall–Kier alpha value is -0.0551. The minimum Gasteiger partial charge on any atom is -0.403 e. The third-order valence-corrected chi connectivity index (χ3v) is 4.22. The second-order valence-corrected chi connectivity index (χ2v) is 6.11. The van der Waals surface area contributed by atoms with Crippen LogP contribution >= 0.6 is 0 Å². The molecule has 0 aromatic heterocycles. The van der Waals surface area contributed by atoms with E-state index in [-0.39, 0.29) is 23.9 Å². The van der Waals surface area contributed by atoms with Gasteiger partial charge in [-0.05, 0) is 47.0 Å². The third kappa shape index (κ3) is 1.95. The molecule has 4 heteroatoms. The highest BCUT2D eigenvalue weighted by molar-refractivity contribution is 6.46. The topological polar surface area (TPSA) is 44.5 Å². The van der Waals surface area contributed by atoms with Crippen LogP contribution in [-0.2, 0) is 9.31 Å². The molecule has 1 saturated carbocycles. The summed E-state index contributed by atoms with van der Waals surface area (Å²) >= 11 is 0. The minimum atomic E-state index is -0.224. The fourth-order valence-corrected chi connectivity index (χ4v) is 2.22. The molecule has 2 rings (SSSR count). The van der Waals surface area contributed by atoms with Gasteiger partial charge in [0.2, 0.25) is 0 Å². The van der Waals surface area contributed by atoms with Crippen LogP contribution in [0.15, 0.2) is 0 Å². The lowest BCUT2D eigenvalue weighted by Crippen LogP contribution is -2.49. The van der Waals surface area contributed by atoms with Crippen molar-refractivity contribution in [1.82, 2.24) is 0 Å². The van der Waals surface area contributed by atoms with Crippen LogP contribution in [0.3, 0.4) is 0 Å². The van der Waals surface area contributed by atoms with Gasteiger partial charge in [0.25, 0.3) is 0 Å². The van der Waals surface area contributed by atoms with Gasteiger partial charge in [-0.2, -0.15) is 0 Å². The summed E-state index contributed by atoms with van der Waals surface area (Å²) in [6.07, 6.45) is 4.30. The highest BCUT2D eigenvalue weighted by Crippen LogP contribution is 2.42. The Morgan fingerprint density at radius 2 is 1.53 bits per heavy atom. The maximum absolute atomic E-state index is 6.20. The number of nitrogens with two attached hydrogens (primary N) is 1. The first-order valence-corrected chi connectivity index (χ1v) is 5.89. The van der Waals surface area contributed by atoms with Gasteiger partial charge in [0, 0.05) is 11.9 Å². The smallest absolute Gasteiger partial charge is 0.403 e. The maximum atomic E-state index is 6.20. The fourth-order valence-electron chi connectivity index (χ4n) is 2.22. The maximum Gasteiger partial charge on any atom is 0.459 e. The van der Waals surface area contributed by atoms with Crippen LogP contribution in [-0.4, -0.2) is 23.9 Å². The van der Waals surface area contributed by atoms with Gasteiger partial charge in [0.05, 0.1) is 11.2 Å². The minimum absolute atomic E-state index is 0.0266. The SMILES string of the molecule is CC1(C)OB(CC2(N)CCC2)OC1(C)C. The fraction of sp³-hybridized carbons (Fsp3) is 1.00. The number of hydrogen-bond acceptors (Lipinski definition) is 3. The van der Waals surface area contributed by atoms with E-state index in [0.717, 1.165) is 19.2 Å². The first-order valence-electron chi connectivity index (χ1n) is 5.89. The van der Waals surface area contributed by atoms with Crippen molar-refractivity contribution in [2.45, 2.75) is 70.0 Å². The molecule has 0 aromatic carbocycles. The summed E-state index contributed by atoms with van der Waals surface area (Å²) in [4.78, 5) is 0. The van der Waals surface area contributed by atoms with Crippen LogP contribution < -0.4 is 5.73 Å². The van der Waals surface area contributed by atoms with Crippen LogP contribution in [0, 0.1) is 0 Å². The van der Waals surface area contributed by atoms with E-state index in [1.54, 1.807) is 0 Å². The van der Waals surface area contributed by atoms with Gasteiger partial charge < -0.3 is 15.0 Å². The molecule has 0 atom stereocenters. The third-order valence-electron chi connectivity index (χ3n) is 4.22. The summed E-state index contributed by atoms with van der Waals surface area (Å²) in [6.45, 7) is 8.32. The molecule has 0 radical (unpaired) electrons. The number of hydrogen-bond donors (Lipinski definition) is 1. The van der Waals surface area contributed by atoms with Gasteiger partial charge in [-0.15, -0.1) is 0 Å². The van der Waals surface area contributed by atoms with E-state index in [9.17, 15) is 0 Å². The summed E-state index contributed by atoms with van der Waals surface area (Å²) in [7, 11) is -0.125. The molecule has 15 heavy (non-hydrogen) atoms. The van der Waals surface area contributed by atoms with Crippen molar-refractivity contribution >= 4 is 7.12 Å². The van der Waals surface area contributed by atoms with E-state index in [2.05, 4.69) is 27.7 Å². The lowest BCUT2D eigenvalue weighted by Gasteiger charge is -2.38. The van der Waals surface area contributed by atoms with Gasteiger partial charge in [0.15, 0.2) is 0 Å². The predicted molar refractivity (Wildman–Crippen MR) is 61.7 cm³/mol. The van der Waals surface area contributed by atoms with Crippen LogP contribution in [0.4, 0.5) is 0 Å². The lowest BCUT2D eigenvalue weighted by molar-refractivity contribution is 0.00578. The Balaban J connectivity index is 1.97. The Morgan fingerprint density at radius 1 is 1.07 bits per heavy atom. The van der Waals surface area contributed by atoms with E-state index in [0.29, 0.717) is 0 Å². The first kappa shape index (κ1) is 11.4. The largest absolute Gasteiger partial charge is 0.459 e. The van der Waals surface area contributed by atoms with E-state index < -0.39 is 0 Å². The lowest BCUT2D eigenvalue weighted by atomic mass is 9.64. The summed E-state index contributed by atoms with van der Waals surface area (Å²) in [5, 5.41) is 0. The Labute approximate surface area is 92.8 Å². The van der Waals surface area contributed by atoms with Crippen LogP contribution in [0.1, 0.15) is 47.0 Å². The van der Waals surface area contributed by atoms with E-state index in [1.165, 1.54) is 6.42 Å². The average Bonchev–Trinajstić information content (AvgIpc) is 2.17. The van der Waals surface area contributed by atoms with E-state index >= 15 is 0 Å². The van der Waals surface area contributed by atoms with Crippen molar-refractivity contribution in [3.63, 3.8) is 0 Å². The highest BCUT2D eigenvalue weighted by Gasteiger charge is 2.53. The molecule has 0 spiro atoms. The first-order chi connectivity index (χ1) is 6.74. The second-order valence-electron chi connectivity index (χ2n) is 6.11. The van der Waals surface area contributed by atoms with Gasteiger partial charge in [-0.1, -0.05) is 0 Å². The predicted octanol–water partition coefficient (Wildman–Crippen LogP) is 1.96. The van der Waals surface area contributed by atoms with Crippen LogP contribution in [0.5, 0.6) is 0 Å². The Kier molecular flexibility index (Phi) is 2.45. The van der Waals surface area contributed by atoms with Crippen molar-refractivity contribution in [2.75, 3.05) is 0 Å². The van der Waals surface area contributed by atoms with Crippen molar-refractivity contribution in [1.29, 1.82) is 0 Å². The molecule has 1 saturated heterocycles. The van der Waals surface area contributed by atoms with Crippen LogP contribution in [0.2, 0.25) is 6.32 Å². The molecule has 2 aliphatic rings. The molecule has 3 nitrogen and oxygen atoms in total. The van der Waals surface area contributed by atoms with E-state index in [1.807, 2.05) is 0 Å². The summed E-state index contributed by atoms with van der Waals surface area (Å²) in [5.74, 6) is 0. The summed E-state index contributed by atoms with van der Waals surface area (Å²) in [6, 6.07) is 0. The highest BCUT2D eigenvalue weighted by atomic mass is 16.7. The molecule has 86 valence electrons. The van der Waals surface area contributed by atoms with Gasteiger partial charge in [-0.25, -0.2) is 0 Å². The Bertz CT molecular complexity index is 245. The molecule has 1 heterocycles. The molecule has 0 amide bonds. The van der Waals surface area contributed by atoms with Crippen LogP contribution in [0.25, 0.3) is 0 Å². The van der Waals surface area contributed by atoms with Gasteiger partial charge in [-0.3, -0.25) is 0 Å². The Morgan fingerprint density at radius 3 is 1.87 bits per heavy atom. The zero-order chi connectivity index (χ0) is 11.3. The summed E-state index contributed by atoms with van der Waals surface area (Å²) < 4.78 is 11.9. The molecule has 0 unspecified atom stereocenters. The molecule has 2 fully saturated rings. The molecule has 0 bridgehead atoms. The molecular weight excluding hydrogens is 189 g/mol. The molecule has 0 aromatic rings. The van der Waals surface area contributed by atoms with Gasteiger partial charge in [0.1, 0.15) is 0 Å². The second kappa shape index (κ2) is 3.22. The molecular formula is C11H22BNO2. The van der Waals surface area contributed by atoms with E-state index in [4.69, 9.17) is 15.0 Å². The van der Waals surface area contributed by atoms with Crippen molar-refractivity contribution in [3.05, 3.63) is 0 Å². The normalized spacial score (nSPS) is 31.4. The average molecular weight is 211 g/mol. The van der Waals surface area contributed by atoms with Crippen molar-refractivity contribution in [2.24, 2.45) is 5.73 Å².